The molecule has 0 spiro atoms. The van der Waals surface area contributed by atoms with Crippen molar-refractivity contribution in [1.82, 2.24) is 4.57 Å². The number of rotatable bonds is 2. The largest absolute Gasteiger partial charge is 0.454 e. The number of fused-ring (bicyclic) bond motifs is 18. The first-order chi connectivity index (χ1) is 27.8. The third-order valence-corrected chi connectivity index (χ3v) is 13.1. The summed E-state index contributed by atoms with van der Waals surface area (Å²) in [6.45, 7) is 0. The summed E-state index contributed by atoms with van der Waals surface area (Å²) in [4.78, 5) is 2.47. The molecule has 0 bridgehead atoms. The summed E-state index contributed by atoms with van der Waals surface area (Å²) >= 11 is 1.89. The number of para-hydroxylation sites is 3. The molecule has 13 rings (SSSR count). The third kappa shape index (κ3) is 4.01. The molecule has 1 aliphatic rings. The van der Waals surface area contributed by atoms with Crippen molar-refractivity contribution in [3.8, 4) is 27.9 Å². The molecular weight excluding hydrogens is 701 g/mol. The zero-order valence-corrected chi connectivity index (χ0v) is 30.8. The number of aromatic nitrogens is 1. The van der Waals surface area contributed by atoms with Crippen LogP contribution < -0.4 is 4.90 Å². The van der Waals surface area contributed by atoms with Gasteiger partial charge in [-0.1, -0.05) is 121 Å². The van der Waals surface area contributed by atoms with E-state index in [9.17, 15) is 0 Å². The van der Waals surface area contributed by atoms with Gasteiger partial charge in [-0.3, -0.25) is 0 Å². The van der Waals surface area contributed by atoms with Gasteiger partial charge >= 0.3 is 0 Å². The normalized spacial score (nSPS) is 12.6. The lowest BCUT2D eigenvalue weighted by Gasteiger charge is -2.28. The smallest absolute Gasteiger partial charge is 0.160 e. The number of furan rings is 1. The van der Waals surface area contributed by atoms with Gasteiger partial charge in [-0.05, 0) is 77.0 Å². The highest BCUT2D eigenvalue weighted by Gasteiger charge is 2.34. The van der Waals surface area contributed by atoms with E-state index in [1.165, 1.54) is 69.4 Å². The van der Waals surface area contributed by atoms with E-state index in [-0.39, 0.29) is 0 Å². The maximum absolute atomic E-state index is 7.15. The van der Waals surface area contributed by atoms with Gasteiger partial charge in [0.05, 0.1) is 22.4 Å². The van der Waals surface area contributed by atoms with Crippen molar-refractivity contribution in [2.45, 2.75) is 0 Å². The SMILES string of the molecule is c1ccc(N2c3ccc4c5ccccc5n(-c5ccccc5)c4c3-c3ccc4c(sc5ccccc54)c3-c3ccc4c(oc5cc6ccccc6cc54)c32)cc1. The highest BCUT2D eigenvalue weighted by molar-refractivity contribution is 7.26. The fourth-order valence-electron chi connectivity index (χ4n) is 9.51. The van der Waals surface area contributed by atoms with E-state index in [4.69, 9.17) is 4.42 Å². The van der Waals surface area contributed by atoms with Crippen LogP contribution in [-0.4, -0.2) is 4.57 Å². The van der Waals surface area contributed by atoms with Crippen LogP contribution in [0, 0.1) is 0 Å². The van der Waals surface area contributed by atoms with Gasteiger partial charge in [-0.15, -0.1) is 11.3 Å². The Hall–Kier alpha value is -7.14. The Kier molecular flexibility index (Phi) is 6.04. The lowest BCUT2D eigenvalue weighted by Crippen LogP contribution is -2.11. The Morgan fingerprint density at radius 1 is 0.446 bits per heavy atom. The molecule has 0 atom stereocenters. The molecule has 0 saturated heterocycles. The molecule has 12 aromatic rings. The molecular formula is C52H30N2OS. The lowest BCUT2D eigenvalue weighted by molar-refractivity contribution is 0.670. The molecule has 0 aliphatic carbocycles. The maximum Gasteiger partial charge on any atom is 0.160 e. The van der Waals surface area contributed by atoms with Crippen LogP contribution >= 0.6 is 11.3 Å². The maximum atomic E-state index is 7.15. The summed E-state index contributed by atoms with van der Waals surface area (Å²) in [6, 6.07) is 66.5. The monoisotopic (exact) mass is 730 g/mol. The van der Waals surface area contributed by atoms with Crippen LogP contribution in [0.1, 0.15) is 0 Å². The van der Waals surface area contributed by atoms with Crippen LogP contribution in [-0.2, 0) is 0 Å². The number of benzene rings is 9. The molecule has 0 N–H and O–H groups in total. The minimum atomic E-state index is 0.886. The molecule has 0 amide bonds. The predicted octanol–water partition coefficient (Wildman–Crippen LogP) is 15.3. The first kappa shape index (κ1) is 30.2. The molecule has 0 radical (unpaired) electrons. The van der Waals surface area contributed by atoms with Crippen LogP contribution in [0.3, 0.4) is 0 Å². The minimum absolute atomic E-state index is 0.886. The molecule has 0 saturated carbocycles. The number of nitrogens with zero attached hydrogens (tertiary/aromatic N) is 2. The Morgan fingerprint density at radius 2 is 1.11 bits per heavy atom. The second kappa shape index (κ2) is 11.2. The van der Waals surface area contributed by atoms with Crippen LogP contribution in [0.4, 0.5) is 17.1 Å². The summed E-state index contributed by atoms with van der Waals surface area (Å²) in [5.74, 6) is 0. The van der Waals surface area contributed by atoms with Gasteiger partial charge in [0.1, 0.15) is 5.58 Å². The average Bonchev–Trinajstić information content (AvgIpc) is 3.90. The van der Waals surface area contributed by atoms with Crippen LogP contribution in [0.2, 0.25) is 0 Å². The fraction of sp³-hybridized carbons (Fsp3) is 0. The molecule has 0 unspecified atom stereocenters. The average molecular weight is 731 g/mol. The first-order valence-electron chi connectivity index (χ1n) is 19.1. The Bertz CT molecular complexity index is 3590. The van der Waals surface area contributed by atoms with E-state index in [2.05, 4.69) is 191 Å². The zero-order chi connectivity index (χ0) is 36.5. The van der Waals surface area contributed by atoms with Crippen molar-refractivity contribution >= 4 is 103 Å². The van der Waals surface area contributed by atoms with E-state index < -0.39 is 0 Å². The standard InChI is InChI=1S/C52H30N2OS/c1-3-15-33(16-4-1)53-43-21-11-9-19-35(43)37-27-28-44-48(49(37)53)40-25-24-39-36-20-10-12-22-46(36)56-52(39)47(40)41-26-23-38-42-29-31-13-7-8-14-32(31)30-45(42)55-51(38)50(41)54(44)34-17-5-2-6-18-34/h1-30H. The van der Waals surface area contributed by atoms with E-state index in [0.29, 0.717) is 0 Å². The Labute approximate surface area is 325 Å². The minimum Gasteiger partial charge on any atom is -0.454 e. The highest BCUT2D eigenvalue weighted by Crippen LogP contribution is 2.59. The molecule has 1 aliphatic heterocycles. The van der Waals surface area contributed by atoms with Crippen LogP contribution in [0.15, 0.2) is 186 Å². The lowest BCUT2D eigenvalue weighted by atomic mass is 9.91. The van der Waals surface area contributed by atoms with E-state index in [0.717, 1.165) is 50.3 Å². The van der Waals surface area contributed by atoms with E-state index in [1.807, 2.05) is 11.3 Å². The molecule has 4 heterocycles. The molecule has 0 fully saturated rings. The fourth-order valence-corrected chi connectivity index (χ4v) is 10.8. The van der Waals surface area contributed by atoms with Crippen molar-refractivity contribution in [1.29, 1.82) is 0 Å². The van der Waals surface area contributed by atoms with E-state index in [1.54, 1.807) is 0 Å². The molecule has 3 nitrogen and oxygen atoms in total. The molecule has 3 aromatic heterocycles. The summed E-state index contributed by atoms with van der Waals surface area (Å²) in [6.07, 6.45) is 0. The number of hydrogen-bond donors (Lipinski definition) is 0. The number of hydrogen-bond acceptors (Lipinski definition) is 3. The van der Waals surface area contributed by atoms with Gasteiger partial charge in [-0.25, -0.2) is 0 Å². The second-order valence-corrected chi connectivity index (χ2v) is 15.9. The second-order valence-electron chi connectivity index (χ2n) is 14.8. The van der Waals surface area contributed by atoms with Gasteiger partial charge in [0, 0.05) is 69.8 Å². The van der Waals surface area contributed by atoms with Gasteiger partial charge in [-0.2, -0.15) is 0 Å². The van der Waals surface area contributed by atoms with E-state index >= 15 is 0 Å². The van der Waals surface area contributed by atoms with Crippen molar-refractivity contribution in [2.24, 2.45) is 0 Å². The van der Waals surface area contributed by atoms with Gasteiger partial charge in [0.15, 0.2) is 5.58 Å². The van der Waals surface area contributed by atoms with Crippen molar-refractivity contribution < 1.29 is 4.42 Å². The summed E-state index contributed by atoms with van der Waals surface area (Å²) in [5.41, 5.74) is 13.4. The Balaban J connectivity index is 1.28. The predicted molar refractivity (Wildman–Crippen MR) is 238 cm³/mol. The van der Waals surface area contributed by atoms with Gasteiger partial charge in [0.2, 0.25) is 0 Å². The quantitative estimate of drug-likeness (QED) is 0.177. The van der Waals surface area contributed by atoms with Gasteiger partial charge < -0.3 is 13.9 Å². The molecule has 260 valence electrons. The van der Waals surface area contributed by atoms with Gasteiger partial charge in [0.25, 0.3) is 0 Å². The van der Waals surface area contributed by atoms with Crippen LogP contribution in [0.5, 0.6) is 0 Å². The number of thiophene rings is 1. The topological polar surface area (TPSA) is 21.3 Å². The molecule has 4 heteroatoms. The molecule has 56 heavy (non-hydrogen) atoms. The third-order valence-electron chi connectivity index (χ3n) is 11.9. The Morgan fingerprint density at radius 3 is 1.95 bits per heavy atom. The highest BCUT2D eigenvalue weighted by atomic mass is 32.1. The summed E-state index contributed by atoms with van der Waals surface area (Å²) in [7, 11) is 0. The number of anilines is 3. The van der Waals surface area contributed by atoms with Crippen molar-refractivity contribution in [2.75, 3.05) is 4.90 Å². The van der Waals surface area contributed by atoms with Crippen LogP contribution in [0.25, 0.3) is 103 Å². The molecule has 9 aromatic carbocycles. The summed E-state index contributed by atoms with van der Waals surface area (Å²) < 4.78 is 12.2. The van der Waals surface area contributed by atoms with Crippen molar-refractivity contribution in [3.05, 3.63) is 182 Å². The first-order valence-corrected chi connectivity index (χ1v) is 19.9. The van der Waals surface area contributed by atoms with Crippen molar-refractivity contribution in [3.63, 3.8) is 0 Å². The zero-order valence-electron chi connectivity index (χ0n) is 30.0. The summed E-state index contributed by atoms with van der Waals surface area (Å²) in [5, 5.41) is 9.63.